The van der Waals surface area contributed by atoms with Crippen molar-refractivity contribution in [2.24, 2.45) is 27.5 Å². The van der Waals surface area contributed by atoms with Crippen molar-refractivity contribution in [1.29, 1.82) is 0 Å². The second-order valence-corrected chi connectivity index (χ2v) is 14.4. The van der Waals surface area contributed by atoms with Gasteiger partial charge >= 0.3 is 0 Å². The number of nitrogens with one attached hydrogen (secondary N) is 1. The van der Waals surface area contributed by atoms with E-state index < -0.39 is 20.2 Å². The Morgan fingerprint density at radius 2 is 1.69 bits per heavy atom. The second kappa shape index (κ2) is 15.9. The predicted octanol–water partition coefficient (Wildman–Crippen LogP) is 6.03. The summed E-state index contributed by atoms with van der Waals surface area (Å²) in [4.78, 5) is 14.8. The fourth-order valence-corrected chi connectivity index (χ4v) is 7.52. The van der Waals surface area contributed by atoms with Crippen molar-refractivity contribution in [2.45, 2.75) is 47.9 Å². The Bertz CT molecular complexity index is 2080. The molecule has 4 aromatic rings. The number of aromatic nitrogens is 4. The first-order chi connectivity index (χ1) is 22.8. The van der Waals surface area contributed by atoms with Gasteiger partial charge in [0.1, 0.15) is 21.2 Å². The number of rotatable bonds is 10. The molecule has 20 heteroatoms. The molecule has 49 heavy (non-hydrogen) atoms. The Balaban J connectivity index is 0.000000217. The maximum absolute atomic E-state index is 12.0. The van der Waals surface area contributed by atoms with Crippen LogP contribution in [0.4, 0.5) is 34.6 Å². The minimum Gasteiger partial charge on any atom is -0.372 e. The number of aryl methyl sites for hydroxylation is 1. The summed E-state index contributed by atoms with van der Waals surface area (Å²) < 4.78 is 68.3. The first-order valence-electron chi connectivity index (χ1n) is 15.0. The van der Waals surface area contributed by atoms with Crippen molar-refractivity contribution in [3.8, 4) is 0 Å². The summed E-state index contributed by atoms with van der Waals surface area (Å²) in [7, 11) is -7.08. The summed E-state index contributed by atoms with van der Waals surface area (Å²) in [6.07, 6.45) is 9.09. The Labute approximate surface area is 299 Å². The van der Waals surface area contributed by atoms with Crippen LogP contribution in [0.25, 0.3) is 0 Å². The van der Waals surface area contributed by atoms with Gasteiger partial charge in [0.25, 0.3) is 20.2 Å². The quantitative estimate of drug-likeness (QED) is 0.0733. The van der Waals surface area contributed by atoms with Gasteiger partial charge in [0, 0.05) is 73.5 Å². The van der Waals surface area contributed by atoms with Crippen LogP contribution in [0.5, 0.6) is 0 Å². The first kappa shape index (κ1) is 38.1. The zero-order valence-electron chi connectivity index (χ0n) is 27.1. The van der Waals surface area contributed by atoms with Crippen LogP contribution in [-0.4, -0.2) is 77.9 Å². The molecule has 2 aliphatic heterocycles. The van der Waals surface area contributed by atoms with Gasteiger partial charge in [0.05, 0.1) is 11.2 Å². The molecule has 6 rings (SSSR count). The first-order valence-corrected chi connectivity index (χ1v) is 19.1. The average Bonchev–Trinajstić information content (AvgIpc) is 3.80. The topological polar surface area (TPSA) is 211 Å². The van der Waals surface area contributed by atoms with Crippen molar-refractivity contribution < 1.29 is 42.4 Å². The number of nitrogens with zero attached hydrogens (tertiary/aromatic N) is 9. The van der Waals surface area contributed by atoms with Crippen LogP contribution in [-0.2, 0) is 56.6 Å². The molecule has 266 valence electrons. The van der Waals surface area contributed by atoms with E-state index in [9.17, 15) is 25.9 Å². The van der Waals surface area contributed by atoms with E-state index in [0.29, 0.717) is 29.6 Å². The van der Waals surface area contributed by atoms with Crippen molar-refractivity contribution >= 4 is 66.6 Å². The third-order valence-electron chi connectivity index (χ3n) is 7.89. The van der Waals surface area contributed by atoms with E-state index in [-0.39, 0.29) is 37.7 Å². The van der Waals surface area contributed by atoms with E-state index in [2.05, 4.69) is 40.3 Å². The fourth-order valence-electron chi connectivity index (χ4n) is 5.65. The van der Waals surface area contributed by atoms with Crippen LogP contribution < -0.4 is 9.80 Å². The Morgan fingerprint density at radius 3 is 2.31 bits per heavy atom. The smallest absolute Gasteiger partial charge is 0.297 e. The van der Waals surface area contributed by atoms with E-state index >= 15 is 0 Å². The van der Waals surface area contributed by atoms with Gasteiger partial charge in [-0.15, -0.1) is 32.2 Å². The third-order valence-corrected chi connectivity index (χ3v) is 10.4. The van der Waals surface area contributed by atoms with Gasteiger partial charge < -0.3 is 19.4 Å². The minimum atomic E-state index is -4.41. The Morgan fingerprint density at radius 1 is 0.959 bits per heavy atom. The number of aromatic amines is 1. The molecule has 0 spiro atoms. The zero-order valence-corrected chi connectivity index (χ0v) is 30.5. The number of hydrogen-bond donors (Lipinski definition) is 3. The largest absolute Gasteiger partial charge is 0.372 e. The van der Waals surface area contributed by atoms with E-state index in [1.165, 1.54) is 23.9 Å². The normalized spacial score (nSPS) is 14.1. The summed E-state index contributed by atoms with van der Waals surface area (Å²) in [6.45, 7) is 7.14. The van der Waals surface area contributed by atoms with Gasteiger partial charge in [-0.2, -0.15) is 16.8 Å². The molecule has 0 radical (unpaired) electrons. The number of imidazole rings is 2. The Hall–Kier alpha value is -3.68. The molecule has 0 bridgehead atoms. The van der Waals surface area contributed by atoms with Crippen molar-refractivity contribution in [3.63, 3.8) is 0 Å². The third kappa shape index (κ3) is 8.74. The van der Waals surface area contributed by atoms with E-state index in [4.69, 9.17) is 0 Å². The molecule has 0 fully saturated rings. The second-order valence-electron chi connectivity index (χ2n) is 10.8. The number of thioether (sulfide) groups is 1. The maximum atomic E-state index is 12.0. The van der Waals surface area contributed by atoms with Crippen LogP contribution in [0.15, 0.2) is 78.1 Å². The molecule has 16 nitrogen and oxygen atoms in total. The van der Waals surface area contributed by atoms with Crippen molar-refractivity contribution in [2.75, 3.05) is 42.2 Å². The molecule has 0 atom stereocenters. The Kier molecular flexibility index (Phi) is 12.4. The summed E-state index contributed by atoms with van der Waals surface area (Å²) in [5.74, 6) is 0.625. The van der Waals surface area contributed by atoms with Crippen LogP contribution in [0.1, 0.15) is 31.4 Å². The summed E-state index contributed by atoms with van der Waals surface area (Å²) in [5, 5.41) is 16.8. The molecule has 3 N–H and O–H groups in total. The molecule has 0 amide bonds. The van der Waals surface area contributed by atoms with Crippen molar-refractivity contribution in [1.82, 2.24) is 19.5 Å². The van der Waals surface area contributed by atoms with Crippen molar-refractivity contribution in [3.05, 3.63) is 54.0 Å². The number of benzene rings is 2. The maximum Gasteiger partial charge on any atom is 0.297 e. The minimum absolute atomic E-state index is 0. The molecule has 0 saturated carbocycles. The molecule has 0 unspecified atom stereocenters. The monoisotopic (exact) mass is 774 g/mol. The molecule has 2 aliphatic rings. The molecular formula is C29H36N10NiO6S3. The molecule has 0 aliphatic carbocycles. The number of H-pyrrole nitrogens is 1. The number of hydrogen-bond acceptors (Lipinski definition) is 13. The van der Waals surface area contributed by atoms with E-state index in [1.54, 1.807) is 42.3 Å². The van der Waals surface area contributed by atoms with E-state index in [0.717, 1.165) is 55.3 Å². The standard InChI is InChI=1S/C15H17N5O3S2.C14H19N5O3S.Ni/c1-24-12-8-16-15(17-12)19-18-11-7-9-4-6-20-5-2-3-10(13(9)20)14(11)25(21,22)23;1-4-19(5-2)11-6-7-12(13(10-11)23(20,21)22)16-17-14-15-8-9-18(14)3;/h7-8H,2-6H2,1H3,(H,16,17)(H,21,22,23);6-10H,4-5H2,1-3H3,(H,20,21,22);. The van der Waals surface area contributed by atoms with Crippen LogP contribution in [0, 0.1) is 0 Å². The summed E-state index contributed by atoms with van der Waals surface area (Å²) >= 11 is 1.49. The molecule has 2 aromatic heterocycles. The molecule has 2 aromatic carbocycles. The predicted molar refractivity (Wildman–Crippen MR) is 182 cm³/mol. The van der Waals surface area contributed by atoms with Gasteiger partial charge in [0.2, 0.25) is 11.9 Å². The molecular weight excluding hydrogens is 739 g/mol. The van der Waals surface area contributed by atoms with Crippen LogP contribution in [0.2, 0.25) is 0 Å². The zero-order chi connectivity index (χ0) is 34.6. The van der Waals surface area contributed by atoms with Gasteiger partial charge in [-0.3, -0.25) is 9.11 Å². The van der Waals surface area contributed by atoms with Gasteiger partial charge in [0.15, 0.2) is 0 Å². The summed E-state index contributed by atoms with van der Waals surface area (Å²) in [6, 6.07) is 6.38. The van der Waals surface area contributed by atoms with Crippen LogP contribution in [0.3, 0.4) is 0 Å². The summed E-state index contributed by atoms with van der Waals surface area (Å²) in [5.41, 5.74) is 3.58. The van der Waals surface area contributed by atoms with Gasteiger partial charge in [-0.05, 0) is 74.8 Å². The SMILES string of the molecule is CCN(CC)c1ccc(N=Nc2nccn2C)c(S(=O)(=O)O)c1.CSc1cnc(N=Nc2cc3c4c(c2S(=O)(=O)O)CCCN4CC3)[nH]1.[Ni]. The molecule has 0 saturated heterocycles. The average molecular weight is 776 g/mol. The number of azo groups is 2. The van der Waals surface area contributed by atoms with E-state index in [1.807, 2.05) is 25.0 Å². The fraction of sp³-hybridized carbons (Fsp3) is 0.379. The van der Waals surface area contributed by atoms with Crippen LogP contribution >= 0.6 is 11.8 Å². The molecule has 4 heterocycles. The van der Waals surface area contributed by atoms with Gasteiger partial charge in [-0.25, -0.2) is 9.97 Å². The van der Waals surface area contributed by atoms with Gasteiger partial charge in [-0.1, -0.05) is 0 Å². The number of anilines is 2.